The lowest BCUT2D eigenvalue weighted by Gasteiger charge is -2.10. The van der Waals surface area contributed by atoms with Crippen LogP contribution in [0.5, 0.6) is 0 Å². The second-order valence-electron chi connectivity index (χ2n) is 7.73. The molecular weight excluding hydrogens is 395 g/mol. The van der Waals surface area contributed by atoms with Gasteiger partial charge < -0.3 is 5.32 Å². The fourth-order valence-electron chi connectivity index (χ4n) is 4.09. The minimum Gasteiger partial charge on any atom is -0.329 e. The number of aromatic nitrogens is 1. The maximum absolute atomic E-state index is 14.7. The van der Waals surface area contributed by atoms with E-state index in [9.17, 15) is 9.18 Å². The van der Waals surface area contributed by atoms with Crippen LogP contribution < -0.4 is 5.32 Å². The van der Waals surface area contributed by atoms with Gasteiger partial charge in [0.1, 0.15) is 5.82 Å². The van der Waals surface area contributed by atoms with Crippen LogP contribution in [0.1, 0.15) is 36.0 Å². The standard InChI is InChI=1S/C25H21FN2OS/c26-20-15-19(16-9-11-18(12-10-16)24(29)17-5-1-2-6-17)13-14-21(20)27-25-28-22-7-3-4-8-23(22)30-25/h3-4,7-15,17H,1-2,5-6H2,(H,27,28). The fraction of sp³-hybridized carbons (Fsp3) is 0.200. The first-order chi connectivity index (χ1) is 14.7. The Morgan fingerprint density at radius 3 is 2.43 bits per heavy atom. The van der Waals surface area contributed by atoms with Gasteiger partial charge in [-0.1, -0.05) is 66.6 Å². The number of Topliss-reactive ketones (excluding diaryl/α,β-unsaturated/α-hetero) is 1. The summed E-state index contributed by atoms with van der Waals surface area (Å²) in [5.41, 5.74) is 3.71. The van der Waals surface area contributed by atoms with Gasteiger partial charge in [0.25, 0.3) is 0 Å². The first-order valence-electron chi connectivity index (χ1n) is 10.2. The van der Waals surface area contributed by atoms with E-state index in [1.165, 1.54) is 17.4 Å². The highest BCUT2D eigenvalue weighted by molar-refractivity contribution is 7.22. The lowest BCUT2D eigenvalue weighted by molar-refractivity contribution is 0.0923. The van der Waals surface area contributed by atoms with Gasteiger partial charge in [-0.2, -0.15) is 0 Å². The highest BCUT2D eigenvalue weighted by Gasteiger charge is 2.23. The summed E-state index contributed by atoms with van der Waals surface area (Å²) in [5.74, 6) is 0.0691. The Labute approximate surface area is 178 Å². The molecule has 0 spiro atoms. The zero-order chi connectivity index (χ0) is 20.5. The quantitative estimate of drug-likeness (QED) is 0.349. The van der Waals surface area contributed by atoms with Crippen molar-refractivity contribution in [1.29, 1.82) is 0 Å². The Morgan fingerprint density at radius 1 is 0.967 bits per heavy atom. The predicted octanol–water partition coefficient (Wildman–Crippen LogP) is 7.22. The van der Waals surface area contributed by atoms with Crippen LogP contribution in [0.25, 0.3) is 21.3 Å². The first kappa shape index (κ1) is 18.9. The molecule has 1 heterocycles. The van der Waals surface area contributed by atoms with Crippen LogP contribution in [0, 0.1) is 11.7 Å². The van der Waals surface area contributed by atoms with Crippen LogP contribution in [0.15, 0.2) is 66.7 Å². The topological polar surface area (TPSA) is 42.0 Å². The average molecular weight is 417 g/mol. The van der Waals surface area contributed by atoms with Gasteiger partial charge in [-0.05, 0) is 48.2 Å². The molecule has 3 aromatic carbocycles. The molecule has 30 heavy (non-hydrogen) atoms. The summed E-state index contributed by atoms with van der Waals surface area (Å²) in [4.78, 5) is 17.1. The molecule has 150 valence electrons. The molecule has 1 aliphatic carbocycles. The zero-order valence-corrected chi connectivity index (χ0v) is 17.2. The molecule has 0 amide bonds. The molecule has 5 rings (SSSR count). The van der Waals surface area contributed by atoms with E-state index in [2.05, 4.69) is 10.3 Å². The maximum atomic E-state index is 14.7. The van der Waals surface area contributed by atoms with E-state index in [0.29, 0.717) is 10.8 Å². The third-order valence-corrected chi connectivity index (χ3v) is 6.69. The highest BCUT2D eigenvalue weighted by Crippen LogP contribution is 2.32. The molecule has 1 fully saturated rings. The number of para-hydroxylation sites is 1. The van der Waals surface area contributed by atoms with Crippen LogP contribution in [0.3, 0.4) is 0 Å². The molecule has 0 bridgehead atoms. The van der Waals surface area contributed by atoms with E-state index in [0.717, 1.165) is 52.6 Å². The van der Waals surface area contributed by atoms with Crippen molar-refractivity contribution in [3.05, 3.63) is 78.1 Å². The number of benzene rings is 3. The number of thiazole rings is 1. The molecule has 5 heteroatoms. The minimum atomic E-state index is -0.335. The van der Waals surface area contributed by atoms with Crippen LogP contribution in [-0.4, -0.2) is 10.8 Å². The van der Waals surface area contributed by atoms with Gasteiger partial charge in [0.2, 0.25) is 0 Å². The van der Waals surface area contributed by atoms with E-state index >= 15 is 0 Å². The van der Waals surface area contributed by atoms with Gasteiger partial charge in [-0.15, -0.1) is 0 Å². The van der Waals surface area contributed by atoms with Crippen LogP contribution >= 0.6 is 11.3 Å². The minimum absolute atomic E-state index is 0.168. The van der Waals surface area contributed by atoms with Crippen molar-refractivity contribution in [3.63, 3.8) is 0 Å². The summed E-state index contributed by atoms with van der Waals surface area (Å²) in [7, 11) is 0. The molecule has 0 atom stereocenters. The second-order valence-corrected chi connectivity index (χ2v) is 8.76. The van der Waals surface area contributed by atoms with Gasteiger partial charge in [0, 0.05) is 11.5 Å². The number of nitrogens with zero attached hydrogens (tertiary/aromatic N) is 1. The molecule has 3 nitrogen and oxygen atoms in total. The molecule has 0 radical (unpaired) electrons. The number of anilines is 2. The van der Waals surface area contributed by atoms with Gasteiger partial charge >= 0.3 is 0 Å². The third-order valence-electron chi connectivity index (χ3n) is 5.73. The molecule has 0 saturated heterocycles. The Morgan fingerprint density at radius 2 is 1.70 bits per heavy atom. The Balaban J connectivity index is 1.34. The lowest BCUT2D eigenvalue weighted by atomic mass is 9.94. The average Bonchev–Trinajstić information content (AvgIpc) is 3.44. The molecule has 1 aromatic heterocycles. The van der Waals surface area contributed by atoms with E-state index in [4.69, 9.17) is 0 Å². The second kappa shape index (κ2) is 8.00. The number of carbonyl (C=O) groups excluding carboxylic acids is 1. The molecular formula is C25H21FN2OS. The fourth-order valence-corrected chi connectivity index (χ4v) is 4.97. The molecule has 0 unspecified atom stereocenters. The van der Waals surface area contributed by atoms with Gasteiger partial charge in [-0.25, -0.2) is 9.37 Å². The number of nitrogens with one attached hydrogen (secondary N) is 1. The Bertz CT molecular complexity index is 1180. The summed E-state index contributed by atoms with van der Waals surface area (Å²) in [6.45, 7) is 0. The number of rotatable bonds is 5. The number of hydrogen-bond acceptors (Lipinski definition) is 4. The largest absolute Gasteiger partial charge is 0.329 e. The summed E-state index contributed by atoms with van der Waals surface area (Å²) < 4.78 is 15.8. The lowest BCUT2D eigenvalue weighted by Crippen LogP contribution is -2.10. The molecule has 4 aromatic rings. The predicted molar refractivity (Wildman–Crippen MR) is 121 cm³/mol. The smallest absolute Gasteiger partial charge is 0.188 e. The van der Waals surface area contributed by atoms with Gasteiger partial charge in [0.05, 0.1) is 15.9 Å². The Kier molecular flexibility index (Phi) is 5.05. The number of hydrogen-bond donors (Lipinski definition) is 1. The summed E-state index contributed by atoms with van der Waals surface area (Å²) in [5, 5.41) is 3.75. The number of halogens is 1. The first-order valence-corrected chi connectivity index (χ1v) is 11.1. The summed E-state index contributed by atoms with van der Waals surface area (Å²) in [6.07, 6.45) is 4.28. The van der Waals surface area contributed by atoms with Crippen molar-refractivity contribution in [2.75, 3.05) is 5.32 Å². The molecule has 1 aliphatic rings. The van der Waals surface area contributed by atoms with Crippen molar-refractivity contribution in [2.45, 2.75) is 25.7 Å². The number of fused-ring (bicyclic) bond motifs is 1. The SMILES string of the molecule is O=C(c1ccc(-c2ccc(Nc3nc4ccccc4s3)c(F)c2)cc1)C1CCCC1. The zero-order valence-electron chi connectivity index (χ0n) is 16.4. The molecule has 1 N–H and O–H groups in total. The van der Waals surface area contributed by atoms with Crippen molar-refractivity contribution < 1.29 is 9.18 Å². The van der Waals surface area contributed by atoms with Crippen LogP contribution in [0.4, 0.5) is 15.2 Å². The van der Waals surface area contributed by atoms with Crippen molar-refractivity contribution in [2.24, 2.45) is 5.92 Å². The maximum Gasteiger partial charge on any atom is 0.188 e. The Hall–Kier alpha value is -3.05. The van der Waals surface area contributed by atoms with Crippen molar-refractivity contribution in [3.8, 4) is 11.1 Å². The molecule has 0 aliphatic heterocycles. The van der Waals surface area contributed by atoms with E-state index in [1.807, 2.05) is 54.6 Å². The van der Waals surface area contributed by atoms with E-state index in [1.54, 1.807) is 6.07 Å². The van der Waals surface area contributed by atoms with E-state index < -0.39 is 0 Å². The van der Waals surface area contributed by atoms with Crippen molar-refractivity contribution >= 4 is 38.2 Å². The summed E-state index contributed by atoms with van der Waals surface area (Å²) in [6, 6.07) is 20.5. The van der Waals surface area contributed by atoms with Crippen molar-refractivity contribution in [1.82, 2.24) is 4.98 Å². The van der Waals surface area contributed by atoms with E-state index in [-0.39, 0.29) is 17.5 Å². The highest BCUT2D eigenvalue weighted by atomic mass is 32.1. The monoisotopic (exact) mass is 416 g/mol. The summed E-state index contributed by atoms with van der Waals surface area (Å²) >= 11 is 1.50. The van der Waals surface area contributed by atoms with Gasteiger partial charge in [-0.3, -0.25) is 4.79 Å². The normalized spacial score (nSPS) is 14.3. The van der Waals surface area contributed by atoms with Crippen LogP contribution in [-0.2, 0) is 0 Å². The van der Waals surface area contributed by atoms with Gasteiger partial charge in [0.15, 0.2) is 10.9 Å². The number of carbonyl (C=O) groups is 1. The third kappa shape index (κ3) is 3.73. The number of ketones is 1. The molecule has 1 saturated carbocycles. The van der Waals surface area contributed by atoms with Crippen LogP contribution in [0.2, 0.25) is 0 Å².